The van der Waals surface area contributed by atoms with Crippen LogP contribution in [0.15, 0.2) is 18.2 Å². The average Bonchev–Trinajstić information content (AvgIpc) is 2.42. The number of nitrogens with one attached hydrogen (secondary N) is 1. The van der Waals surface area contributed by atoms with Gasteiger partial charge in [0.25, 0.3) is 0 Å². The number of carbonyl (C=O) groups excluding carboxylic acids is 1. The van der Waals surface area contributed by atoms with Gasteiger partial charge in [0.05, 0.1) is 15.2 Å². The van der Waals surface area contributed by atoms with Gasteiger partial charge in [-0.15, -0.1) is 11.3 Å². The Labute approximate surface area is 84.8 Å². The van der Waals surface area contributed by atoms with Crippen LogP contribution in [0.4, 0.5) is 10.5 Å². The van der Waals surface area contributed by atoms with E-state index < -0.39 is 6.03 Å². The van der Waals surface area contributed by atoms with E-state index in [1.165, 1.54) is 0 Å². The van der Waals surface area contributed by atoms with Crippen molar-refractivity contribution in [3.05, 3.63) is 23.2 Å². The van der Waals surface area contributed by atoms with Crippen molar-refractivity contribution >= 4 is 33.3 Å². The number of amides is 2. The number of carbonyl (C=O) groups is 1. The summed E-state index contributed by atoms with van der Waals surface area (Å²) in [7, 11) is 0. The topological polar surface area (TPSA) is 68.0 Å². The minimum absolute atomic E-state index is 0.550. The Morgan fingerprint density at radius 1 is 1.57 bits per heavy atom. The van der Waals surface area contributed by atoms with Crippen LogP contribution in [0.5, 0.6) is 0 Å². The molecule has 1 aromatic carbocycles. The molecule has 1 heterocycles. The Kier molecular flexibility index (Phi) is 2.09. The summed E-state index contributed by atoms with van der Waals surface area (Å²) in [5.74, 6) is 0. The molecule has 0 saturated heterocycles. The second-order valence-corrected chi connectivity index (χ2v) is 4.14. The van der Waals surface area contributed by atoms with Gasteiger partial charge in [-0.05, 0) is 25.1 Å². The number of thiazole rings is 1. The molecule has 2 rings (SSSR count). The summed E-state index contributed by atoms with van der Waals surface area (Å²) in [6, 6.07) is 4.96. The smallest absolute Gasteiger partial charge is 0.316 e. The lowest BCUT2D eigenvalue weighted by Crippen LogP contribution is -2.19. The predicted octanol–water partition coefficient (Wildman–Crippen LogP) is 2.10. The van der Waals surface area contributed by atoms with Crippen LogP contribution >= 0.6 is 11.3 Å². The minimum Gasteiger partial charge on any atom is -0.351 e. The van der Waals surface area contributed by atoms with Crippen LogP contribution in [-0.4, -0.2) is 11.0 Å². The number of rotatable bonds is 1. The Morgan fingerprint density at radius 2 is 2.36 bits per heavy atom. The summed E-state index contributed by atoms with van der Waals surface area (Å²) < 4.78 is 1.05. The summed E-state index contributed by atoms with van der Waals surface area (Å²) in [5.41, 5.74) is 6.66. The highest BCUT2D eigenvalue weighted by molar-refractivity contribution is 7.18. The number of benzene rings is 1. The Hall–Kier alpha value is -1.62. The number of urea groups is 1. The van der Waals surface area contributed by atoms with Gasteiger partial charge in [-0.1, -0.05) is 0 Å². The monoisotopic (exact) mass is 207 g/mol. The lowest BCUT2D eigenvalue weighted by molar-refractivity contribution is 0.259. The highest BCUT2D eigenvalue weighted by Crippen LogP contribution is 2.24. The van der Waals surface area contributed by atoms with E-state index >= 15 is 0 Å². The van der Waals surface area contributed by atoms with Crippen molar-refractivity contribution in [1.82, 2.24) is 4.98 Å². The lowest BCUT2D eigenvalue weighted by Gasteiger charge is -1.99. The van der Waals surface area contributed by atoms with Crippen molar-refractivity contribution in [3.8, 4) is 0 Å². The molecule has 72 valence electrons. The van der Waals surface area contributed by atoms with Crippen molar-refractivity contribution in [3.63, 3.8) is 0 Å². The molecule has 0 atom stereocenters. The van der Waals surface area contributed by atoms with Crippen LogP contribution in [0.3, 0.4) is 0 Å². The molecule has 0 aliphatic carbocycles. The number of primary amides is 1. The van der Waals surface area contributed by atoms with Crippen molar-refractivity contribution in [2.24, 2.45) is 5.73 Å². The number of hydrogen-bond donors (Lipinski definition) is 2. The molecule has 0 spiro atoms. The molecule has 4 nitrogen and oxygen atoms in total. The quantitative estimate of drug-likeness (QED) is 0.751. The van der Waals surface area contributed by atoms with Gasteiger partial charge in [0.1, 0.15) is 0 Å². The predicted molar refractivity (Wildman–Crippen MR) is 57.6 cm³/mol. The molecule has 14 heavy (non-hydrogen) atoms. The first kappa shape index (κ1) is 8.96. The molecule has 0 saturated carbocycles. The number of anilines is 1. The van der Waals surface area contributed by atoms with Gasteiger partial charge in [0.15, 0.2) is 0 Å². The molecule has 5 heteroatoms. The Morgan fingerprint density at radius 3 is 3.07 bits per heavy atom. The molecule has 0 fully saturated rings. The molecule has 2 aromatic rings. The van der Waals surface area contributed by atoms with Crippen molar-refractivity contribution in [2.75, 3.05) is 5.32 Å². The molecule has 0 unspecified atom stereocenters. The molecule has 3 N–H and O–H groups in total. The van der Waals surface area contributed by atoms with Crippen LogP contribution in [0.25, 0.3) is 10.2 Å². The third kappa shape index (κ3) is 1.67. The zero-order valence-electron chi connectivity index (χ0n) is 7.57. The molecule has 0 aliphatic rings. The SMILES string of the molecule is Cc1nc2ccc(NC(N)=O)cc2s1. The number of hydrogen-bond acceptors (Lipinski definition) is 3. The molecular weight excluding hydrogens is 198 g/mol. The van der Waals surface area contributed by atoms with E-state index in [0.717, 1.165) is 15.2 Å². The van der Waals surface area contributed by atoms with Gasteiger partial charge in [-0.3, -0.25) is 0 Å². The van der Waals surface area contributed by atoms with Gasteiger partial charge in [0.2, 0.25) is 0 Å². The first-order chi connectivity index (χ1) is 6.65. The van der Waals surface area contributed by atoms with E-state index in [1.54, 1.807) is 17.4 Å². The van der Waals surface area contributed by atoms with E-state index in [2.05, 4.69) is 10.3 Å². The first-order valence-electron chi connectivity index (χ1n) is 4.09. The van der Waals surface area contributed by atoms with Crippen molar-refractivity contribution in [2.45, 2.75) is 6.92 Å². The maximum absolute atomic E-state index is 10.6. The van der Waals surface area contributed by atoms with Gasteiger partial charge in [-0.2, -0.15) is 0 Å². The van der Waals surface area contributed by atoms with Crippen LogP contribution in [0, 0.1) is 6.92 Å². The zero-order chi connectivity index (χ0) is 10.1. The molecular formula is C9H9N3OS. The highest BCUT2D eigenvalue weighted by atomic mass is 32.1. The molecule has 0 aliphatic heterocycles. The number of aromatic nitrogens is 1. The summed E-state index contributed by atoms with van der Waals surface area (Å²) in [5, 5.41) is 3.53. The summed E-state index contributed by atoms with van der Waals surface area (Å²) in [6.07, 6.45) is 0. The third-order valence-corrected chi connectivity index (χ3v) is 2.70. The normalized spacial score (nSPS) is 10.4. The molecule has 0 bridgehead atoms. The molecule has 2 amide bonds. The minimum atomic E-state index is -0.550. The second-order valence-electron chi connectivity index (χ2n) is 2.90. The van der Waals surface area contributed by atoms with Gasteiger partial charge in [0, 0.05) is 5.69 Å². The fourth-order valence-electron chi connectivity index (χ4n) is 1.26. The second kappa shape index (κ2) is 3.26. The van der Waals surface area contributed by atoms with Crippen LogP contribution < -0.4 is 11.1 Å². The lowest BCUT2D eigenvalue weighted by atomic mass is 10.3. The number of aryl methyl sites for hydroxylation is 1. The van der Waals surface area contributed by atoms with Crippen LogP contribution in [-0.2, 0) is 0 Å². The number of nitrogens with two attached hydrogens (primary N) is 1. The summed E-state index contributed by atoms with van der Waals surface area (Å²) >= 11 is 1.59. The average molecular weight is 207 g/mol. The zero-order valence-corrected chi connectivity index (χ0v) is 8.39. The molecule has 0 radical (unpaired) electrons. The van der Waals surface area contributed by atoms with Crippen molar-refractivity contribution in [1.29, 1.82) is 0 Å². The fraction of sp³-hybridized carbons (Fsp3) is 0.111. The summed E-state index contributed by atoms with van der Waals surface area (Å²) in [4.78, 5) is 14.9. The van der Waals surface area contributed by atoms with E-state index in [9.17, 15) is 4.79 Å². The van der Waals surface area contributed by atoms with E-state index in [4.69, 9.17) is 5.73 Å². The number of nitrogens with zero attached hydrogens (tertiary/aromatic N) is 1. The van der Waals surface area contributed by atoms with E-state index in [-0.39, 0.29) is 0 Å². The Bertz CT molecular complexity index is 492. The maximum atomic E-state index is 10.6. The molecule has 1 aromatic heterocycles. The van der Waals surface area contributed by atoms with E-state index in [1.807, 2.05) is 19.1 Å². The fourth-order valence-corrected chi connectivity index (χ4v) is 2.13. The highest BCUT2D eigenvalue weighted by Gasteiger charge is 2.02. The maximum Gasteiger partial charge on any atom is 0.316 e. The van der Waals surface area contributed by atoms with Gasteiger partial charge in [-0.25, -0.2) is 9.78 Å². The van der Waals surface area contributed by atoms with Crippen LogP contribution in [0.1, 0.15) is 5.01 Å². The standard InChI is InChI=1S/C9H9N3OS/c1-5-11-7-3-2-6(12-9(10)13)4-8(7)14-5/h2-4H,1H3,(H3,10,12,13). The van der Waals surface area contributed by atoms with Crippen molar-refractivity contribution < 1.29 is 4.79 Å². The first-order valence-corrected chi connectivity index (χ1v) is 4.90. The Balaban J connectivity index is 2.45. The third-order valence-electron chi connectivity index (χ3n) is 1.76. The van der Waals surface area contributed by atoms with Gasteiger partial charge < -0.3 is 11.1 Å². The largest absolute Gasteiger partial charge is 0.351 e. The van der Waals surface area contributed by atoms with Gasteiger partial charge >= 0.3 is 6.03 Å². The summed E-state index contributed by atoms with van der Waals surface area (Å²) in [6.45, 7) is 1.95. The van der Waals surface area contributed by atoms with E-state index in [0.29, 0.717) is 5.69 Å². The van der Waals surface area contributed by atoms with Crippen LogP contribution in [0.2, 0.25) is 0 Å². The number of fused-ring (bicyclic) bond motifs is 1.